The van der Waals surface area contributed by atoms with Gasteiger partial charge in [0.1, 0.15) is 0 Å². The maximum atomic E-state index is 13.9. The molecule has 0 saturated heterocycles. The molecule has 3 aromatic rings. The van der Waals surface area contributed by atoms with Gasteiger partial charge in [-0.1, -0.05) is 36.4 Å². The van der Waals surface area contributed by atoms with E-state index in [1.165, 1.54) is 0 Å². The van der Waals surface area contributed by atoms with E-state index in [0.29, 0.717) is 5.56 Å². The molecule has 6 heteroatoms. The summed E-state index contributed by atoms with van der Waals surface area (Å²) in [6.45, 7) is 0. The van der Waals surface area contributed by atoms with Crippen LogP contribution >= 0.6 is 0 Å². The van der Waals surface area contributed by atoms with E-state index in [1.54, 1.807) is 24.3 Å². The predicted molar refractivity (Wildman–Crippen MR) is 86.9 cm³/mol. The molecule has 128 valence electrons. The van der Waals surface area contributed by atoms with Gasteiger partial charge < -0.3 is 0 Å². The largest absolute Gasteiger partial charge is 0.288 e. The van der Waals surface area contributed by atoms with Gasteiger partial charge in [-0.05, 0) is 28.5 Å². The summed E-state index contributed by atoms with van der Waals surface area (Å²) in [5.74, 6) is -10.3. The zero-order valence-electron chi connectivity index (χ0n) is 12.9. The van der Waals surface area contributed by atoms with Crippen molar-refractivity contribution in [2.24, 2.45) is 0 Å². The molecule has 1 aliphatic rings. The van der Waals surface area contributed by atoms with E-state index < -0.39 is 51.5 Å². The van der Waals surface area contributed by atoms with Gasteiger partial charge >= 0.3 is 0 Å². The molecule has 0 bridgehead atoms. The third kappa shape index (κ3) is 2.19. The summed E-state index contributed by atoms with van der Waals surface area (Å²) in [5.41, 5.74) is -2.25. The van der Waals surface area contributed by atoms with Crippen LogP contribution in [0.4, 0.5) is 17.6 Å². The SMILES string of the molecule is O=C1C(=Cc2ccc3ccccc3c2)C(=O)c2c(F)c(F)c(F)c(F)c21. The van der Waals surface area contributed by atoms with Gasteiger partial charge in [0.05, 0.1) is 16.7 Å². The molecule has 0 heterocycles. The van der Waals surface area contributed by atoms with Gasteiger partial charge in [0, 0.05) is 0 Å². The number of hydrogen-bond donors (Lipinski definition) is 0. The fraction of sp³-hybridized carbons (Fsp3) is 0. The number of carbonyl (C=O) groups is 2. The van der Waals surface area contributed by atoms with Crippen molar-refractivity contribution < 1.29 is 27.2 Å². The minimum atomic E-state index is -2.12. The fourth-order valence-electron chi connectivity index (χ4n) is 3.03. The molecule has 0 aliphatic heterocycles. The van der Waals surface area contributed by atoms with E-state index in [-0.39, 0.29) is 0 Å². The maximum absolute atomic E-state index is 13.9. The number of ketones is 2. The predicted octanol–water partition coefficient (Wildman–Crippen LogP) is 4.86. The van der Waals surface area contributed by atoms with E-state index in [2.05, 4.69) is 0 Å². The lowest BCUT2D eigenvalue weighted by molar-refractivity contribution is 0.0988. The van der Waals surface area contributed by atoms with Crippen LogP contribution in [-0.2, 0) is 0 Å². The second-order valence-corrected chi connectivity index (χ2v) is 5.83. The highest BCUT2D eigenvalue weighted by Crippen LogP contribution is 2.34. The molecule has 1 aliphatic carbocycles. The highest BCUT2D eigenvalue weighted by atomic mass is 19.2. The number of rotatable bonds is 1. The number of fused-ring (bicyclic) bond motifs is 2. The minimum Gasteiger partial charge on any atom is -0.288 e. The van der Waals surface area contributed by atoms with Crippen molar-refractivity contribution in [1.29, 1.82) is 0 Å². The Morgan fingerprint density at radius 2 is 1.19 bits per heavy atom. The van der Waals surface area contributed by atoms with Crippen LogP contribution in [0.3, 0.4) is 0 Å². The van der Waals surface area contributed by atoms with Gasteiger partial charge in [0.2, 0.25) is 11.6 Å². The number of hydrogen-bond acceptors (Lipinski definition) is 2. The molecular weight excluding hydrogens is 348 g/mol. The van der Waals surface area contributed by atoms with Gasteiger partial charge in [0.15, 0.2) is 23.3 Å². The van der Waals surface area contributed by atoms with E-state index in [1.807, 2.05) is 18.2 Å². The van der Waals surface area contributed by atoms with Crippen molar-refractivity contribution in [1.82, 2.24) is 0 Å². The Hall–Kier alpha value is -3.28. The van der Waals surface area contributed by atoms with Crippen molar-refractivity contribution in [3.05, 3.63) is 88.0 Å². The zero-order valence-corrected chi connectivity index (χ0v) is 12.9. The highest BCUT2D eigenvalue weighted by Gasteiger charge is 2.42. The number of Topliss-reactive ketones (excluding diaryl/α,β-unsaturated/α-hetero) is 2. The van der Waals surface area contributed by atoms with Gasteiger partial charge in [-0.3, -0.25) is 9.59 Å². The Balaban J connectivity index is 1.89. The summed E-state index contributed by atoms with van der Waals surface area (Å²) in [7, 11) is 0. The quantitative estimate of drug-likeness (QED) is 0.205. The number of allylic oxidation sites excluding steroid dienone is 1. The van der Waals surface area contributed by atoms with E-state index in [4.69, 9.17) is 0 Å². The molecule has 26 heavy (non-hydrogen) atoms. The Labute approximate surface area is 144 Å². The van der Waals surface area contributed by atoms with Crippen molar-refractivity contribution in [3.8, 4) is 0 Å². The molecule has 3 aromatic carbocycles. The summed E-state index contributed by atoms with van der Waals surface area (Å²) in [5, 5.41) is 1.75. The summed E-state index contributed by atoms with van der Waals surface area (Å²) >= 11 is 0. The first-order valence-electron chi connectivity index (χ1n) is 7.56. The number of carbonyl (C=O) groups excluding carboxylic acids is 2. The Morgan fingerprint density at radius 1 is 0.654 bits per heavy atom. The van der Waals surface area contributed by atoms with Crippen LogP contribution in [0.1, 0.15) is 26.3 Å². The summed E-state index contributed by atoms with van der Waals surface area (Å²) in [4.78, 5) is 24.7. The molecular formula is C20H8F4O2. The first-order valence-corrected chi connectivity index (χ1v) is 7.56. The van der Waals surface area contributed by atoms with Crippen LogP contribution in [0.5, 0.6) is 0 Å². The third-order valence-corrected chi connectivity index (χ3v) is 4.29. The first-order chi connectivity index (χ1) is 12.4. The average Bonchev–Trinajstić information content (AvgIpc) is 2.89. The normalized spacial score (nSPS) is 13.5. The third-order valence-electron chi connectivity index (χ3n) is 4.29. The minimum absolute atomic E-state index is 0.440. The van der Waals surface area contributed by atoms with Crippen LogP contribution in [0.25, 0.3) is 16.8 Å². The Bertz CT molecular complexity index is 1110. The van der Waals surface area contributed by atoms with E-state index in [9.17, 15) is 27.2 Å². The van der Waals surface area contributed by atoms with E-state index in [0.717, 1.165) is 16.8 Å². The van der Waals surface area contributed by atoms with E-state index >= 15 is 0 Å². The summed E-state index contributed by atoms with van der Waals surface area (Å²) < 4.78 is 54.6. The molecule has 0 amide bonds. The van der Waals surface area contributed by atoms with Gasteiger partial charge in [-0.2, -0.15) is 0 Å². The fourth-order valence-corrected chi connectivity index (χ4v) is 3.03. The molecule has 0 fully saturated rings. The van der Waals surface area contributed by atoms with Crippen molar-refractivity contribution in [2.75, 3.05) is 0 Å². The molecule has 4 rings (SSSR count). The second kappa shape index (κ2) is 5.62. The summed E-state index contributed by atoms with van der Waals surface area (Å²) in [6, 6.07) is 12.4. The topological polar surface area (TPSA) is 34.1 Å². The smallest absolute Gasteiger partial charge is 0.200 e. The van der Waals surface area contributed by atoms with Gasteiger partial charge in [0.25, 0.3) is 0 Å². The van der Waals surface area contributed by atoms with Gasteiger partial charge in [-0.15, -0.1) is 0 Å². The Morgan fingerprint density at radius 3 is 1.77 bits per heavy atom. The van der Waals surface area contributed by atoms with Crippen LogP contribution < -0.4 is 0 Å². The highest BCUT2D eigenvalue weighted by molar-refractivity contribution is 6.41. The molecule has 0 spiro atoms. The average molecular weight is 356 g/mol. The molecule has 0 radical (unpaired) electrons. The van der Waals surface area contributed by atoms with Crippen LogP contribution in [0.2, 0.25) is 0 Å². The lowest BCUT2D eigenvalue weighted by Gasteiger charge is -2.02. The standard InChI is InChI=1S/C20H8F4O2/c21-15-13-14(16(22)18(24)17(15)23)20(26)12(19(13)25)8-9-5-6-10-3-1-2-4-11(10)7-9/h1-8H. The number of benzene rings is 3. The molecule has 2 nitrogen and oxygen atoms in total. The van der Waals surface area contributed by atoms with Gasteiger partial charge in [-0.25, -0.2) is 17.6 Å². The second-order valence-electron chi connectivity index (χ2n) is 5.83. The Kier molecular flexibility index (Phi) is 3.50. The molecule has 0 aromatic heterocycles. The molecule has 0 unspecified atom stereocenters. The monoisotopic (exact) mass is 356 g/mol. The van der Waals surface area contributed by atoms with Crippen molar-refractivity contribution in [3.63, 3.8) is 0 Å². The maximum Gasteiger partial charge on any atom is 0.200 e. The first kappa shape index (κ1) is 16.2. The van der Waals surface area contributed by atoms with Crippen LogP contribution in [-0.4, -0.2) is 11.6 Å². The molecule has 0 N–H and O–H groups in total. The zero-order chi connectivity index (χ0) is 18.6. The van der Waals surface area contributed by atoms with Crippen molar-refractivity contribution >= 4 is 28.4 Å². The number of halogens is 4. The van der Waals surface area contributed by atoms with Crippen molar-refractivity contribution in [2.45, 2.75) is 0 Å². The molecule has 0 atom stereocenters. The summed E-state index contributed by atoms with van der Waals surface area (Å²) in [6.07, 6.45) is 1.16. The van der Waals surface area contributed by atoms with Crippen LogP contribution in [0, 0.1) is 23.3 Å². The lowest BCUT2D eigenvalue weighted by Crippen LogP contribution is -2.07. The molecule has 0 saturated carbocycles. The van der Waals surface area contributed by atoms with Crippen LogP contribution in [0.15, 0.2) is 48.0 Å². The lowest BCUT2D eigenvalue weighted by atomic mass is 10.0.